The normalized spacial score (nSPS) is 20.9. The Labute approximate surface area is 106 Å². The van der Waals surface area contributed by atoms with Gasteiger partial charge < -0.3 is 15.4 Å². The molecule has 1 amide bonds. The Morgan fingerprint density at radius 2 is 2.35 bits per heavy atom. The van der Waals surface area contributed by atoms with E-state index in [1.54, 1.807) is 6.92 Å². The van der Waals surface area contributed by atoms with Gasteiger partial charge in [-0.3, -0.25) is 4.79 Å². The standard InChI is InChI=1S/C11H20N2O3S/c1-3-16-11(15)9(7-17-2)13-10(14)8-4-5-12-6-8/h8-9,12H,3-7H2,1-2H3,(H,13,14)/t8-,9-/m0/s1. The van der Waals surface area contributed by atoms with Crippen LogP contribution in [0.5, 0.6) is 0 Å². The minimum atomic E-state index is -0.530. The molecule has 1 fully saturated rings. The molecular formula is C11H20N2O3S. The zero-order chi connectivity index (χ0) is 12.7. The molecule has 1 aliphatic heterocycles. The summed E-state index contributed by atoms with van der Waals surface area (Å²) in [7, 11) is 0. The third-order valence-corrected chi connectivity index (χ3v) is 3.32. The van der Waals surface area contributed by atoms with Crippen LogP contribution in [0.4, 0.5) is 0 Å². The molecular weight excluding hydrogens is 240 g/mol. The number of hydrogen-bond acceptors (Lipinski definition) is 5. The molecule has 6 heteroatoms. The van der Waals surface area contributed by atoms with E-state index in [2.05, 4.69) is 10.6 Å². The Morgan fingerprint density at radius 3 is 2.88 bits per heavy atom. The van der Waals surface area contributed by atoms with Gasteiger partial charge in [0.1, 0.15) is 6.04 Å². The van der Waals surface area contributed by atoms with Crippen LogP contribution in [-0.4, -0.2) is 49.6 Å². The Hall–Kier alpha value is -0.750. The lowest BCUT2D eigenvalue weighted by atomic mass is 10.1. The number of carbonyl (C=O) groups is 2. The number of hydrogen-bond donors (Lipinski definition) is 2. The highest BCUT2D eigenvalue weighted by atomic mass is 32.2. The van der Waals surface area contributed by atoms with Gasteiger partial charge in [0.15, 0.2) is 0 Å². The fourth-order valence-corrected chi connectivity index (χ4v) is 2.30. The molecule has 0 unspecified atom stereocenters. The lowest BCUT2D eigenvalue weighted by molar-refractivity contribution is -0.147. The summed E-state index contributed by atoms with van der Waals surface area (Å²) in [5.74, 6) is 0.127. The Morgan fingerprint density at radius 1 is 1.59 bits per heavy atom. The second-order valence-corrected chi connectivity index (χ2v) is 4.87. The topological polar surface area (TPSA) is 67.4 Å². The molecule has 2 N–H and O–H groups in total. The van der Waals surface area contributed by atoms with Gasteiger partial charge in [0.05, 0.1) is 12.5 Å². The summed E-state index contributed by atoms with van der Waals surface area (Å²) in [5.41, 5.74) is 0. The van der Waals surface area contributed by atoms with Crippen molar-refractivity contribution in [3.63, 3.8) is 0 Å². The van der Waals surface area contributed by atoms with Crippen LogP contribution in [0.25, 0.3) is 0 Å². The van der Waals surface area contributed by atoms with Crippen molar-refractivity contribution in [3.05, 3.63) is 0 Å². The van der Waals surface area contributed by atoms with Gasteiger partial charge in [-0.05, 0) is 26.1 Å². The van der Waals surface area contributed by atoms with Crippen molar-refractivity contribution >= 4 is 23.6 Å². The number of thioether (sulfide) groups is 1. The number of ether oxygens (including phenoxy) is 1. The number of esters is 1. The fourth-order valence-electron chi connectivity index (χ4n) is 1.75. The van der Waals surface area contributed by atoms with Crippen LogP contribution in [0.15, 0.2) is 0 Å². The van der Waals surface area contributed by atoms with E-state index in [0.29, 0.717) is 18.9 Å². The molecule has 0 saturated carbocycles. The van der Waals surface area contributed by atoms with Crippen LogP contribution < -0.4 is 10.6 Å². The molecule has 1 heterocycles. The lowest BCUT2D eigenvalue weighted by Crippen LogP contribution is -2.46. The average molecular weight is 260 g/mol. The molecule has 98 valence electrons. The zero-order valence-electron chi connectivity index (χ0n) is 10.3. The Balaban J connectivity index is 2.46. The first-order chi connectivity index (χ1) is 8.19. The number of carbonyl (C=O) groups excluding carboxylic acids is 2. The minimum Gasteiger partial charge on any atom is -0.464 e. The maximum Gasteiger partial charge on any atom is 0.329 e. The summed E-state index contributed by atoms with van der Waals surface area (Å²) < 4.78 is 4.94. The predicted molar refractivity (Wildman–Crippen MR) is 67.9 cm³/mol. The summed E-state index contributed by atoms with van der Waals surface area (Å²) in [6.45, 7) is 3.66. The summed E-state index contributed by atoms with van der Waals surface area (Å²) in [6, 6.07) is -0.530. The smallest absolute Gasteiger partial charge is 0.329 e. The average Bonchev–Trinajstić information content (AvgIpc) is 2.82. The zero-order valence-corrected chi connectivity index (χ0v) is 11.1. The van der Waals surface area contributed by atoms with Gasteiger partial charge in [0.2, 0.25) is 5.91 Å². The third-order valence-electron chi connectivity index (χ3n) is 2.65. The van der Waals surface area contributed by atoms with E-state index in [-0.39, 0.29) is 17.8 Å². The van der Waals surface area contributed by atoms with Gasteiger partial charge in [0.25, 0.3) is 0 Å². The van der Waals surface area contributed by atoms with E-state index >= 15 is 0 Å². The highest BCUT2D eigenvalue weighted by molar-refractivity contribution is 7.98. The molecule has 1 aliphatic rings. The van der Waals surface area contributed by atoms with Crippen LogP contribution in [0.1, 0.15) is 13.3 Å². The highest BCUT2D eigenvalue weighted by Crippen LogP contribution is 2.09. The van der Waals surface area contributed by atoms with Gasteiger partial charge in [-0.1, -0.05) is 0 Å². The fraction of sp³-hybridized carbons (Fsp3) is 0.818. The molecule has 17 heavy (non-hydrogen) atoms. The summed E-state index contributed by atoms with van der Waals surface area (Å²) in [4.78, 5) is 23.5. The first-order valence-electron chi connectivity index (χ1n) is 5.85. The van der Waals surface area contributed by atoms with Gasteiger partial charge in [-0.2, -0.15) is 11.8 Å². The highest BCUT2D eigenvalue weighted by Gasteiger charge is 2.27. The second kappa shape index (κ2) is 7.55. The molecule has 0 aromatic rings. The minimum absolute atomic E-state index is 0.0196. The quantitative estimate of drug-likeness (QED) is 0.658. The van der Waals surface area contributed by atoms with Crippen molar-refractivity contribution in [3.8, 4) is 0 Å². The van der Waals surface area contributed by atoms with Crippen molar-refractivity contribution in [1.29, 1.82) is 0 Å². The lowest BCUT2D eigenvalue weighted by Gasteiger charge is -2.18. The van der Waals surface area contributed by atoms with E-state index in [9.17, 15) is 9.59 Å². The van der Waals surface area contributed by atoms with Crippen molar-refractivity contribution in [2.75, 3.05) is 31.7 Å². The Kier molecular flexibility index (Phi) is 6.36. The van der Waals surface area contributed by atoms with Crippen molar-refractivity contribution in [2.45, 2.75) is 19.4 Å². The third kappa shape index (κ3) is 4.55. The molecule has 1 rings (SSSR count). The molecule has 5 nitrogen and oxygen atoms in total. The summed E-state index contributed by atoms with van der Waals surface area (Å²) in [6.07, 6.45) is 2.73. The molecule has 0 aliphatic carbocycles. The van der Waals surface area contributed by atoms with Crippen molar-refractivity contribution in [1.82, 2.24) is 10.6 Å². The SMILES string of the molecule is CCOC(=O)[C@H](CSC)NC(=O)[C@H]1CCNC1. The molecule has 2 atom stereocenters. The number of nitrogens with one attached hydrogen (secondary N) is 2. The van der Waals surface area contributed by atoms with Crippen LogP contribution >= 0.6 is 11.8 Å². The largest absolute Gasteiger partial charge is 0.464 e. The van der Waals surface area contributed by atoms with E-state index in [4.69, 9.17) is 4.74 Å². The molecule has 0 aromatic heterocycles. The first kappa shape index (κ1) is 14.3. The molecule has 0 radical (unpaired) electrons. The second-order valence-electron chi connectivity index (χ2n) is 3.96. The van der Waals surface area contributed by atoms with Crippen molar-refractivity contribution in [2.24, 2.45) is 5.92 Å². The predicted octanol–water partition coefficient (Wildman–Crippen LogP) is 0.00680. The van der Waals surface area contributed by atoms with Crippen LogP contribution in [0.3, 0.4) is 0 Å². The van der Waals surface area contributed by atoms with E-state index in [1.807, 2.05) is 6.26 Å². The van der Waals surface area contributed by atoms with Gasteiger partial charge in [0, 0.05) is 12.3 Å². The Bertz CT molecular complexity index is 267. The van der Waals surface area contributed by atoms with Crippen LogP contribution in [0.2, 0.25) is 0 Å². The van der Waals surface area contributed by atoms with E-state index < -0.39 is 6.04 Å². The summed E-state index contributed by atoms with van der Waals surface area (Å²) in [5, 5.41) is 5.90. The van der Waals surface area contributed by atoms with Crippen molar-refractivity contribution < 1.29 is 14.3 Å². The summed E-state index contributed by atoms with van der Waals surface area (Å²) >= 11 is 1.52. The monoisotopic (exact) mass is 260 g/mol. The maximum absolute atomic E-state index is 11.9. The van der Waals surface area contributed by atoms with Gasteiger partial charge >= 0.3 is 5.97 Å². The molecule has 1 saturated heterocycles. The van der Waals surface area contributed by atoms with Gasteiger partial charge in [-0.25, -0.2) is 4.79 Å². The van der Waals surface area contributed by atoms with Crippen LogP contribution in [0, 0.1) is 5.92 Å². The maximum atomic E-state index is 11.9. The molecule has 0 aromatic carbocycles. The van der Waals surface area contributed by atoms with Gasteiger partial charge in [-0.15, -0.1) is 0 Å². The van der Waals surface area contributed by atoms with Crippen LogP contribution in [-0.2, 0) is 14.3 Å². The molecule has 0 bridgehead atoms. The molecule has 0 spiro atoms. The number of amides is 1. The van der Waals surface area contributed by atoms with E-state index in [1.165, 1.54) is 11.8 Å². The first-order valence-corrected chi connectivity index (χ1v) is 7.25. The van der Waals surface area contributed by atoms with E-state index in [0.717, 1.165) is 13.0 Å². The number of rotatable bonds is 6.